The number of piperidine rings is 1. The fourth-order valence-corrected chi connectivity index (χ4v) is 4.38. The molecule has 0 bridgehead atoms. The van der Waals surface area contributed by atoms with Crippen LogP contribution in [0.25, 0.3) is 6.08 Å². The zero-order valence-corrected chi connectivity index (χ0v) is 19.6. The number of ether oxygens (including phenoxy) is 1. The molecule has 2 aliphatic rings. The Morgan fingerprint density at radius 2 is 1.86 bits per heavy atom. The third-order valence-corrected chi connectivity index (χ3v) is 6.25. The van der Waals surface area contributed by atoms with Crippen molar-refractivity contribution in [3.05, 3.63) is 69.8 Å². The first kappa shape index (κ1) is 24.4. The van der Waals surface area contributed by atoms with Crippen LogP contribution < -0.4 is 15.5 Å². The van der Waals surface area contributed by atoms with Crippen LogP contribution in [0.4, 0.5) is 17.1 Å². The number of hydrogen-bond acceptors (Lipinski definition) is 6. The van der Waals surface area contributed by atoms with Crippen molar-refractivity contribution in [2.24, 2.45) is 0 Å². The molecule has 2 aliphatic heterocycles. The molecule has 184 valence electrons. The number of anilines is 2. The largest absolute Gasteiger partial charge is 0.376 e. The standard InChI is InChI=1S/C26H30N4O5/c31-25(13-8-19-6-10-21(11-7-19)30(33)34)28-20-9-12-24(29-14-2-1-3-15-29)23(17-20)26(32)27-18-22-5-4-16-35-22/h6-13,17,22H,1-5,14-16,18H2,(H,27,32)(H,28,31). The number of hydrogen-bond donors (Lipinski definition) is 2. The summed E-state index contributed by atoms with van der Waals surface area (Å²) in [5.74, 6) is -0.543. The van der Waals surface area contributed by atoms with E-state index in [4.69, 9.17) is 4.74 Å². The summed E-state index contributed by atoms with van der Waals surface area (Å²) in [6.07, 6.45) is 8.29. The summed E-state index contributed by atoms with van der Waals surface area (Å²) < 4.78 is 5.62. The Bertz CT molecular complexity index is 1090. The summed E-state index contributed by atoms with van der Waals surface area (Å²) in [6.45, 7) is 2.99. The second kappa shape index (κ2) is 11.6. The second-order valence-electron chi connectivity index (χ2n) is 8.80. The van der Waals surface area contributed by atoms with Crippen molar-refractivity contribution in [2.75, 3.05) is 36.5 Å². The number of benzene rings is 2. The van der Waals surface area contributed by atoms with Gasteiger partial charge in [-0.1, -0.05) is 0 Å². The van der Waals surface area contributed by atoms with Crippen LogP contribution >= 0.6 is 0 Å². The van der Waals surface area contributed by atoms with E-state index in [1.165, 1.54) is 24.6 Å². The highest BCUT2D eigenvalue weighted by Gasteiger charge is 2.21. The van der Waals surface area contributed by atoms with Gasteiger partial charge in [0, 0.05) is 55.8 Å². The minimum atomic E-state index is -0.470. The Kier molecular flexibility index (Phi) is 8.10. The summed E-state index contributed by atoms with van der Waals surface area (Å²) >= 11 is 0. The third-order valence-electron chi connectivity index (χ3n) is 6.25. The summed E-state index contributed by atoms with van der Waals surface area (Å²) in [5, 5.41) is 16.6. The molecule has 9 nitrogen and oxygen atoms in total. The van der Waals surface area contributed by atoms with Gasteiger partial charge in [-0.3, -0.25) is 19.7 Å². The van der Waals surface area contributed by atoms with E-state index in [2.05, 4.69) is 15.5 Å². The van der Waals surface area contributed by atoms with E-state index in [1.54, 1.807) is 30.3 Å². The minimum Gasteiger partial charge on any atom is -0.376 e. The van der Waals surface area contributed by atoms with Crippen LogP contribution in [0.1, 0.15) is 48.0 Å². The number of carbonyl (C=O) groups excluding carboxylic acids is 2. The molecule has 1 atom stereocenters. The first-order chi connectivity index (χ1) is 17.0. The fourth-order valence-electron chi connectivity index (χ4n) is 4.38. The van der Waals surface area contributed by atoms with Gasteiger partial charge in [0.15, 0.2) is 0 Å². The Labute approximate surface area is 204 Å². The Balaban J connectivity index is 1.46. The van der Waals surface area contributed by atoms with E-state index >= 15 is 0 Å². The number of nitrogens with one attached hydrogen (secondary N) is 2. The van der Waals surface area contributed by atoms with E-state index in [-0.39, 0.29) is 23.6 Å². The number of nitro groups is 1. The smallest absolute Gasteiger partial charge is 0.269 e. The van der Waals surface area contributed by atoms with Crippen molar-refractivity contribution in [3.8, 4) is 0 Å². The van der Waals surface area contributed by atoms with E-state index < -0.39 is 4.92 Å². The molecule has 2 amide bonds. The van der Waals surface area contributed by atoms with Gasteiger partial charge in [-0.15, -0.1) is 0 Å². The molecule has 0 aliphatic carbocycles. The average Bonchev–Trinajstić information content (AvgIpc) is 3.40. The Morgan fingerprint density at radius 1 is 1.09 bits per heavy atom. The molecular weight excluding hydrogens is 448 g/mol. The molecule has 4 rings (SSSR count). The highest BCUT2D eigenvalue weighted by molar-refractivity contribution is 6.05. The van der Waals surface area contributed by atoms with Crippen molar-refractivity contribution in [2.45, 2.75) is 38.2 Å². The van der Waals surface area contributed by atoms with Crippen molar-refractivity contribution < 1.29 is 19.2 Å². The maximum absolute atomic E-state index is 13.1. The van der Waals surface area contributed by atoms with Crippen LogP contribution in [-0.4, -0.2) is 49.1 Å². The normalized spacial score (nSPS) is 17.9. The molecular formula is C26H30N4O5. The number of non-ortho nitro benzene ring substituents is 1. The van der Waals surface area contributed by atoms with Gasteiger partial charge in [-0.05, 0) is 74.1 Å². The van der Waals surface area contributed by atoms with E-state index in [0.717, 1.165) is 51.1 Å². The summed E-state index contributed by atoms with van der Waals surface area (Å²) in [6, 6.07) is 11.3. The lowest BCUT2D eigenvalue weighted by atomic mass is 10.1. The van der Waals surface area contributed by atoms with E-state index in [1.807, 2.05) is 6.07 Å². The first-order valence-electron chi connectivity index (χ1n) is 12.0. The van der Waals surface area contributed by atoms with E-state index in [0.29, 0.717) is 23.4 Å². The second-order valence-corrected chi connectivity index (χ2v) is 8.80. The molecule has 2 aromatic rings. The molecule has 0 saturated carbocycles. The molecule has 0 radical (unpaired) electrons. The lowest BCUT2D eigenvalue weighted by Gasteiger charge is -2.30. The number of carbonyl (C=O) groups is 2. The molecule has 2 heterocycles. The monoisotopic (exact) mass is 478 g/mol. The minimum absolute atomic E-state index is 0.00861. The van der Waals surface area contributed by atoms with Crippen LogP contribution in [0, 0.1) is 10.1 Å². The predicted molar refractivity (Wildman–Crippen MR) is 135 cm³/mol. The molecule has 2 saturated heterocycles. The summed E-state index contributed by atoms with van der Waals surface area (Å²) in [5.41, 5.74) is 2.58. The molecule has 2 aromatic carbocycles. The van der Waals surface area contributed by atoms with Crippen molar-refractivity contribution in [1.29, 1.82) is 0 Å². The molecule has 0 spiro atoms. The number of rotatable bonds is 8. The summed E-state index contributed by atoms with van der Waals surface area (Å²) in [7, 11) is 0. The molecule has 2 fully saturated rings. The fraction of sp³-hybridized carbons (Fsp3) is 0.385. The van der Waals surface area contributed by atoms with Crippen molar-refractivity contribution in [3.63, 3.8) is 0 Å². The third kappa shape index (κ3) is 6.66. The number of nitrogens with zero attached hydrogens (tertiary/aromatic N) is 2. The quantitative estimate of drug-likeness (QED) is 0.335. The SMILES string of the molecule is O=C(C=Cc1ccc([N+](=O)[O-])cc1)Nc1ccc(N2CCCCC2)c(C(=O)NCC2CCCO2)c1. The van der Waals surface area contributed by atoms with Crippen LogP contribution in [0.3, 0.4) is 0 Å². The Hall–Kier alpha value is -3.72. The van der Waals surface area contributed by atoms with E-state index in [9.17, 15) is 19.7 Å². The van der Waals surface area contributed by atoms with Gasteiger partial charge in [0.1, 0.15) is 0 Å². The molecule has 2 N–H and O–H groups in total. The van der Waals surface area contributed by atoms with Crippen LogP contribution in [-0.2, 0) is 9.53 Å². The topological polar surface area (TPSA) is 114 Å². The lowest BCUT2D eigenvalue weighted by molar-refractivity contribution is -0.384. The zero-order valence-electron chi connectivity index (χ0n) is 19.6. The highest BCUT2D eigenvalue weighted by Crippen LogP contribution is 2.27. The summed E-state index contributed by atoms with van der Waals surface area (Å²) in [4.78, 5) is 38.1. The molecule has 0 aromatic heterocycles. The highest BCUT2D eigenvalue weighted by atomic mass is 16.6. The zero-order chi connectivity index (χ0) is 24.6. The Morgan fingerprint density at radius 3 is 2.54 bits per heavy atom. The van der Waals surface area contributed by atoms with Gasteiger partial charge in [-0.2, -0.15) is 0 Å². The van der Waals surface area contributed by atoms with Crippen molar-refractivity contribution >= 4 is 35.0 Å². The van der Waals surface area contributed by atoms with Crippen LogP contribution in [0.15, 0.2) is 48.5 Å². The van der Waals surface area contributed by atoms with Gasteiger partial charge in [0.2, 0.25) is 5.91 Å². The maximum Gasteiger partial charge on any atom is 0.269 e. The number of amides is 2. The van der Waals surface area contributed by atoms with Gasteiger partial charge in [0.05, 0.1) is 16.6 Å². The van der Waals surface area contributed by atoms with Gasteiger partial charge < -0.3 is 20.3 Å². The van der Waals surface area contributed by atoms with Gasteiger partial charge in [-0.25, -0.2) is 0 Å². The number of nitro benzene ring substituents is 1. The van der Waals surface area contributed by atoms with Crippen LogP contribution in [0.2, 0.25) is 0 Å². The van der Waals surface area contributed by atoms with Gasteiger partial charge >= 0.3 is 0 Å². The molecule has 9 heteroatoms. The molecule has 1 unspecified atom stereocenters. The lowest BCUT2D eigenvalue weighted by Crippen LogP contribution is -2.35. The first-order valence-corrected chi connectivity index (χ1v) is 12.0. The molecule has 35 heavy (non-hydrogen) atoms. The van der Waals surface area contributed by atoms with Crippen molar-refractivity contribution in [1.82, 2.24) is 5.32 Å². The van der Waals surface area contributed by atoms with Crippen LogP contribution in [0.5, 0.6) is 0 Å². The average molecular weight is 479 g/mol. The maximum atomic E-state index is 13.1. The van der Waals surface area contributed by atoms with Gasteiger partial charge in [0.25, 0.3) is 11.6 Å². The predicted octanol–water partition coefficient (Wildman–Crippen LogP) is 4.15.